The minimum atomic E-state index is -3.18. The van der Waals surface area contributed by atoms with Gasteiger partial charge in [0.2, 0.25) is 21.7 Å². The zero-order chi connectivity index (χ0) is 15.7. The van der Waals surface area contributed by atoms with Crippen molar-refractivity contribution in [3.8, 4) is 11.4 Å². The maximum atomic E-state index is 11.7. The number of aryl methyl sites for hydroxylation is 1. The van der Waals surface area contributed by atoms with Gasteiger partial charge in [0.05, 0.1) is 12.2 Å². The maximum absolute atomic E-state index is 11.7. The van der Waals surface area contributed by atoms with Crippen molar-refractivity contribution in [2.45, 2.75) is 25.7 Å². The van der Waals surface area contributed by atoms with E-state index >= 15 is 0 Å². The van der Waals surface area contributed by atoms with Gasteiger partial charge in [0.1, 0.15) is 0 Å². The highest BCUT2D eigenvalue weighted by Gasteiger charge is 2.30. The van der Waals surface area contributed by atoms with Crippen LogP contribution in [-0.2, 0) is 10.0 Å². The Bertz CT molecular complexity index is 770. The van der Waals surface area contributed by atoms with Crippen LogP contribution < -0.4 is 0 Å². The van der Waals surface area contributed by atoms with Crippen LogP contribution in [0, 0.1) is 6.92 Å². The molecule has 0 aliphatic carbocycles. The summed E-state index contributed by atoms with van der Waals surface area (Å²) in [6.45, 7) is 2.97. The fourth-order valence-corrected chi connectivity index (χ4v) is 3.69. The Balaban J connectivity index is 1.84. The predicted molar refractivity (Wildman–Crippen MR) is 82.9 cm³/mol. The molecule has 0 bridgehead atoms. The van der Waals surface area contributed by atoms with E-state index < -0.39 is 10.0 Å². The third kappa shape index (κ3) is 3.05. The largest absolute Gasteiger partial charge is 0.339 e. The van der Waals surface area contributed by atoms with Crippen molar-refractivity contribution in [3.05, 3.63) is 35.7 Å². The van der Waals surface area contributed by atoms with Crippen LogP contribution >= 0.6 is 0 Å². The number of rotatable bonds is 3. The lowest BCUT2D eigenvalue weighted by atomic mass is 10.00. The lowest BCUT2D eigenvalue weighted by molar-refractivity contribution is 0.266. The molecule has 0 spiro atoms. The Labute approximate surface area is 130 Å². The van der Waals surface area contributed by atoms with Gasteiger partial charge in [-0.2, -0.15) is 4.98 Å². The molecule has 7 heteroatoms. The van der Waals surface area contributed by atoms with E-state index in [-0.39, 0.29) is 5.92 Å². The van der Waals surface area contributed by atoms with Gasteiger partial charge >= 0.3 is 0 Å². The third-order valence-electron chi connectivity index (χ3n) is 4.03. The van der Waals surface area contributed by atoms with Crippen molar-refractivity contribution in [1.82, 2.24) is 14.4 Å². The first-order valence-corrected chi connectivity index (χ1v) is 9.14. The second-order valence-corrected chi connectivity index (χ2v) is 7.71. The zero-order valence-corrected chi connectivity index (χ0v) is 13.5. The lowest BCUT2D eigenvalue weighted by Gasteiger charge is -2.28. The Morgan fingerprint density at radius 3 is 2.82 bits per heavy atom. The topological polar surface area (TPSA) is 76.3 Å². The molecule has 1 aliphatic heterocycles. The van der Waals surface area contributed by atoms with Crippen molar-refractivity contribution in [3.63, 3.8) is 0 Å². The van der Waals surface area contributed by atoms with Crippen LogP contribution in [0.15, 0.2) is 28.8 Å². The normalized spacial score (nSPS) is 20.2. The molecule has 6 nitrogen and oxygen atoms in total. The standard InChI is InChI=1S/C15H19N3O3S/c1-11-6-3-4-8-13(11)14-16-15(21-17-14)12-7-5-9-18(10-12)22(2,19)20/h3-4,6,8,12H,5,7,9-10H2,1-2H3. The SMILES string of the molecule is Cc1ccccc1-c1noc(C2CCCN(S(C)(=O)=O)C2)n1. The molecule has 1 aromatic heterocycles. The average Bonchev–Trinajstić information content (AvgIpc) is 2.97. The fourth-order valence-electron chi connectivity index (χ4n) is 2.78. The number of piperidine rings is 1. The molecule has 1 saturated heterocycles. The highest BCUT2D eigenvalue weighted by atomic mass is 32.2. The summed E-state index contributed by atoms with van der Waals surface area (Å²) in [4.78, 5) is 4.48. The van der Waals surface area contributed by atoms with E-state index in [1.807, 2.05) is 31.2 Å². The van der Waals surface area contributed by atoms with E-state index in [1.54, 1.807) is 0 Å². The smallest absolute Gasteiger partial charge is 0.231 e. The monoisotopic (exact) mass is 321 g/mol. The van der Waals surface area contributed by atoms with Crippen LogP contribution in [0.2, 0.25) is 0 Å². The molecule has 2 aromatic rings. The molecule has 0 amide bonds. The minimum absolute atomic E-state index is 0.0336. The molecule has 1 unspecified atom stereocenters. The van der Waals surface area contributed by atoms with Crippen molar-refractivity contribution in [1.29, 1.82) is 0 Å². The Morgan fingerprint density at radius 1 is 1.32 bits per heavy atom. The van der Waals surface area contributed by atoms with Gasteiger partial charge in [-0.05, 0) is 25.3 Å². The van der Waals surface area contributed by atoms with E-state index in [9.17, 15) is 8.42 Å². The van der Waals surface area contributed by atoms with Crippen molar-refractivity contribution < 1.29 is 12.9 Å². The number of hydrogen-bond acceptors (Lipinski definition) is 5. The minimum Gasteiger partial charge on any atom is -0.339 e. The van der Waals surface area contributed by atoms with E-state index in [1.165, 1.54) is 10.6 Å². The van der Waals surface area contributed by atoms with Gasteiger partial charge in [-0.25, -0.2) is 12.7 Å². The van der Waals surface area contributed by atoms with Crippen molar-refractivity contribution in [2.24, 2.45) is 0 Å². The van der Waals surface area contributed by atoms with Gasteiger partial charge in [-0.3, -0.25) is 0 Å². The van der Waals surface area contributed by atoms with Crippen LogP contribution in [0.25, 0.3) is 11.4 Å². The van der Waals surface area contributed by atoms with Gasteiger partial charge in [-0.1, -0.05) is 29.4 Å². The Hall–Kier alpha value is -1.73. The van der Waals surface area contributed by atoms with Gasteiger partial charge in [0, 0.05) is 18.7 Å². The highest BCUT2D eigenvalue weighted by Crippen LogP contribution is 2.29. The van der Waals surface area contributed by atoms with Gasteiger partial charge < -0.3 is 4.52 Å². The molecule has 1 atom stereocenters. The second-order valence-electron chi connectivity index (χ2n) is 5.73. The molecule has 1 aromatic carbocycles. The molecule has 1 fully saturated rings. The van der Waals surface area contributed by atoms with Crippen molar-refractivity contribution >= 4 is 10.0 Å². The molecular weight excluding hydrogens is 302 g/mol. The van der Waals surface area contributed by atoms with Crippen LogP contribution in [0.1, 0.15) is 30.2 Å². The Kier molecular flexibility index (Phi) is 4.01. The van der Waals surface area contributed by atoms with E-state index in [2.05, 4.69) is 10.1 Å². The highest BCUT2D eigenvalue weighted by molar-refractivity contribution is 7.88. The molecule has 22 heavy (non-hydrogen) atoms. The number of hydrogen-bond donors (Lipinski definition) is 0. The summed E-state index contributed by atoms with van der Waals surface area (Å²) < 4.78 is 30.3. The van der Waals surface area contributed by atoms with E-state index in [0.717, 1.165) is 24.0 Å². The first kappa shape index (κ1) is 15.2. The Morgan fingerprint density at radius 2 is 2.09 bits per heavy atom. The van der Waals surface area contributed by atoms with E-state index in [0.29, 0.717) is 24.8 Å². The van der Waals surface area contributed by atoms with Gasteiger partial charge in [-0.15, -0.1) is 0 Å². The van der Waals surface area contributed by atoms with Crippen LogP contribution in [-0.4, -0.2) is 42.2 Å². The molecule has 0 N–H and O–H groups in total. The molecule has 2 heterocycles. The summed E-state index contributed by atoms with van der Waals surface area (Å²) in [7, 11) is -3.18. The first-order valence-electron chi connectivity index (χ1n) is 7.30. The molecule has 1 aliphatic rings. The van der Waals surface area contributed by atoms with E-state index in [4.69, 9.17) is 4.52 Å². The van der Waals surface area contributed by atoms with Gasteiger partial charge in [0.15, 0.2) is 0 Å². The number of sulfonamides is 1. The lowest BCUT2D eigenvalue weighted by Crippen LogP contribution is -2.38. The van der Waals surface area contributed by atoms with Crippen molar-refractivity contribution in [2.75, 3.05) is 19.3 Å². The van der Waals surface area contributed by atoms with Crippen LogP contribution in [0.5, 0.6) is 0 Å². The average molecular weight is 321 g/mol. The molecular formula is C15H19N3O3S. The fraction of sp³-hybridized carbons (Fsp3) is 0.467. The molecule has 3 rings (SSSR count). The summed E-state index contributed by atoms with van der Waals surface area (Å²) in [6.07, 6.45) is 2.91. The van der Waals surface area contributed by atoms with Gasteiger partial charge in [0.25, 0.3) is 0 Å². The molecule has 0 saturated carbocycles. The number of aromatic nitrogens is 2. The van der Waals surface area contributed by atoms with Crippen LogP contribution in [0.3, 0.4) is 0 Å². The zero-order valence-electron chi connectivity index (χ0n) is 12.7. The van der Waals surface area contributed by atoms with Crippen LogP contribution in [0.4, 0.5) is 0 Å². The molecule has 118 valence electrons. The quantitative estimate of drug-likeness (QED) is 0.866. The first-order chi connectivity index (χ1) is 10.4. The second kappa shape index (κ2) is 5.81. The number of benzene rings is 1. The summed E-state index contributed by atoms with van der Waals surface area (Å²) in [6, 6.07) is 7.85. The summed E-state index contributed by atoms with van der Waals surface area (Å²) >= 11 is 0. The maximum Gasteiger partial charge on any atom is 0.231 e. The summed E-state index contributed by atoms with van der Waals surface area (Å²) in [5.41, 5.74) is 2.02. The molecule has 0 radical (unpaired) electrons. The summed E-state index contributed by atoms with van der Waals surface area (Å²) in [5, 5.41) is 4.06. The number of nitrogens with zero attached hydrogens (tertiary/aromatic N) is 3. The predicted octanol–water partition coefficient (Wildman–Crippen LogP) is 2.18. The third-order valence-corrected chi connectivity index (χ3v) is 5.30. The summed E-state index contributed by atoms with van der Waals surface area (Å²) in [5.74, 6) is 1.05.